The lowest BCUT2D eigenvalue weighted by Crippen LogP contribution is -2.43. The first-order valence-corrected chi connectivity index (χ1v) is 2.53. The van der Waals surface area contributed by atoms with Crippen molar-refractivity contribution in [2.75, 3.05) is 0 Å². The summed E-state index contributed by atoms with van der Waals surface area (Å²) in [6, 6.07) is 0. The maximum atomic E-state index is 10.1. The molecule has 1 atom stereocenters. The van der Waals surface area contributed by atoms with Crippen LogP contribution in [-0.2, 0) is 4.79 Å². The monoisotopic (exact) mass is 118 g/mol. The molecule has 0 rings (SSSR count). The SMILES string of the molecule is CC[C@@](C)([15NH2])C(=O)O. The van der Waals surface area contributed by atoms with Gasteiger partial charge in [-0.25, -0.2) is 0 Å². The molecular weight excluding hydrogens is 107 g/mol. The highest BCUT2D eigenvalue weighted by Crippen LogP contribution is 2.02. The van der Waals surface area contributed by atoms with E-state index < -0.39 is 11.5 Å². The molecular formula is C5H11NO2. The minimum Gasteiger partial charge on any atom is -0.480 e. The molecule has 0 aromatic rings. The first-order chi connectivity index (χ1) is 3.50. The van der Waals surface area contributed by atoms with Crippen LogP contribution in [0.5, 0.6) is 0 Å². The first kappa shape index (κ1) is 7.43. The van der Waals surface area contributed by atoms with E-state index >= 15 is 0 Å². The second-order valence-electron chi connectivity index (χ2n) is 2.08. The predicted octanol–water partition coefficient (Wildman–Crippen LogP) is 0.198. The zero-order chi connectivity index (χ0) is 6.78. The van der Waals surface area contributed by atoms with Gasteiger partial charge in [0.25, 0.3) is 0 Å². The Hall–Kier alpha value is -0.570. The zero-order valence-electron chi connectivity index (χ0n) is 5.14. The fourth-order valence-electron chi connectivity index (χ4n) is 0.151. The summed E-state index contributed by atoms with van der Waals surface area (Å²) in [5.74, 6) is -0.944. The van der Waals surface area contributed by atoms with Crippen molar-refractivity contribution in [3.05, 3.63) is 0 Å². The molecule has 0 aromatic heterocycles. The van der Waals surface area contributed by atoms with Crippen molar-refractivity contribution in [3.8, 4) is 0 Å². The van der Waals surface area contributed by atoms with Crippen molar-refractivity contribution in [3.63, 3.8) is 0 Å². The van der Waals surface area contributed by atoms with Gasteiger partial charge in [-0.05, 0) is 13.3 Å². The summed E-state index contributed by atoms with van der Waals surface area (Å²) >= 11 is 0. The molecule has 0 bridgehead atoms. The molecule has 3 N–H and O–H groups in total. The van der Waals surface area contributed by atoms with Crippen molar-refractivity contribution in [2.24, 2.45) is 5.73 Å². The third kappa shape index (κ3) is 1.50. The largest absolute Gasteiger partial charge is 0.480 e. The first-order valence-electron chi connectivity index (χ1n) is 2.53. The maximum absolute atomic E-state index is 10.1. The van der Waals surface area contributed by atoms with E-state index in [1.54, 1.807) is 6.92 Å². The Kier molecular flexibility index (Phi) is 1.98. The van der Waals surface area contributed by atoms with Crippen LogP contribution in [0.1, 0.15) is 20.3 Å². The summed E-state index contributed by atoms with van der Waals surface area (Å²) in [6.45, 7) is 3.24. The summed E-state index contributed by atoms with van der Waals surface area (Å²) in [5, 5.41) is 8.32. The van der Waals surface area contributed by atoms with Crippen LogP contribution in [0.3, 0.4) is 0 Å². The number of carboxylic acids is 1. The van der Waals surface area contributed by atoms with Gasteiger partial charge in [0.05, 0.1) is 0 Å². The lowest BCUT2D eigenvalue weighted by Gasteiger charge is -2.14. The van der Waals surface area contributed by atoms with Gasteiger partial charge >= 0.3 is 5.97 Å². The maximum Gasteiger partial charge on any atom is 0.323 e. The molecule has 0 fully saturated rings. The minimum absolute atomic E-state index is 0.461. The Balaban J connectivity index is 3.91. The summed E-state index contributed by atoms with van der Waals surface area (Å²) in [5.41, 5.74) is 4.22. The van der Waals surface area contributed by atoms with Crippen molar-refractivity contribution in [1.82, 2.24) is 0 Å². The van der Waals surface area contributed by atoms with Crippen molar-refractivity contribution in [1.29, 1.82) is 0 Å². The minimum atomic E-state index is -1.04. The molecule has 0 saturated heterocycles. The second-order valence-corrected chi connectivity index (χ2v) is 2.08. The van der Waals surface area contributed by atoms with Gasteiger partial charge in [-0.3, -0.25) is 4.79 Å². The average Bonchev–Trinajstić information content (AvgIpc) is 1.67. The standard InChI is InChI=1S/C5H11NO2/c1-3-5(2,6)4(7)8/h3,6H2,1-2H3,(H,7,8)/t5-/m1/s1/i6+1. The van der Waals surface area contributed by atoms with Crippen molar-refractivity contribution in [2.45, 2.75) is 25.8 Å². The van der Waals surface area contributed by atoms with Gasteiger partial charge in [0.1, 0.15) is 5.54 Å². The number of rotatable bonds is 2. The summed E-state index contributed by atoms with van der Waals surface area (Å²) in [7, 11) is 0. The highest BCUT2D eigenvalue weighted by atomic mass is 16.4. The van der Waals surface area contributed by atoms with E-state index in [1.807, 2.05) is 0 Å². The fourth-order valence-corrected chi connectivity index (χ4v) is 0.151. The smallest absolute Gasteiger partial charge is 0.323 e. The third-order valence-electron chi connectivity index (χ3n) is 1.22. The summed E-state index contributed by atoms with van der Waals surface area (Å²) in [4.78, 5) is 10.1. The van der Waals surface area contributed by atoms with Crippen LogP contribution < -0.4 is 5.73 Å². The molecule has 0 aliphatic rings. The number of carbonyl (C=O) groups is 1. The predicted molar refractivity (Wildman–Crippen MR) is 30.5 cm³/mol. The second kappa shape index (κ2) is 2.13. The summed E-state index contributed by atoms with van der Waals surface area (Å²) in [6.07, 6.45) is 0.461. The Morgan fingerprint density at radius 2 is 2.25 bits per heavy atom. The van der Waals surface area contributed by atoms with Gasteiger partial charge in [-0.1, -0.05) is 6.92 Å². The molecule has 0 aromatic carbocycles. The van der Waals surface area contributed by atoms with Crippen LogP contribution in [0, 0.1) is 0 Å². The molecule has 8 heavy (non-hydrogen) atoms. The lowest BCUT2D eigenvalue weighted by molar-refractivity contribution is -0.142. The van der Waals surface area contributed by atoms with Gasteiger partial charge in [-0.2, -0.15) is 0 Å². The normalized spacial score (nSPS) is 17.4. The van der Waals surface area contributed by atoms with Crippen LogP contribution in [0.2, 0.25) is 0 Å². The molecule has 0 aliphatic heterocycles. The molecule has 3 nitrogen and oxygen atoms in total. The fraction of sp³-hybridized carbons (Fsp3) is 0.800. The van der Waals surface area contributed by atoms with Crippen LogP contribution in [-0.4, -0.2) is 16.6 Å². The van der Waals surface area contributed by atoms with E-state index in [0.717, 1.165) is 0 Å². The molecule has 0 saturated carbocycles. The van der Waals surface area contributed by atoms with Gasteiger partial charge in [0.15, 0.2) is 0 Å². The molecule has 0 unspecified atom stereocenters. The molecule has 0 heterocycles. The van der Waals surface area contributed by atoms with E-state index in [-0.39, 0.29) is 0 Å². The molecule has 0 radical (unpaired) electrons. The van der Waals surface area contributed by atoms with E-state index in [4.69, 9.17) is 10.8 Å². The highest BCUT2D eigenvalue weighted by Gasteiger charge is 2.24. The lowest BCUT2D eigenvalue weighted by atomic mass is 10.0. The van der Waals surface area contributed by atoms with E-state index in [9.17, 15) is 4.79 Å². The quantitative estimate of drug-likeness (QED) is 0.509. The number of hydrogen-bond acceptors (Lipinski definition) is 2. The Morgan fingerprint density at radius 3 is 2.25 bits per heavy atom. The van der Waals surface area contributed by atoms with Gasteiger partial charge in [-0.15, -0.1) is 0 Å². The highest BCUT2D eigenvalue weighted by molar-refractivity contribution is 5.77. The molecule has 3 heteroatoms. The van der Waals surface area contributed by atoms with Crippen molar-refractivity contribution < 1.29 is 9.90 Å². The van der Waals surface area contributed by atoms with Crippen LogP contribution in [0.4, 0.5) is 0 Å². The molecule has 48 valence electrons. The topological polar surface area (TPSA) is 63.3 Å². The zero-order valence-corrected chi connectivity index (χ0v) is 5.14. The van der Waals surface area contributed by atoms with E-state index in [2.05, 4.69) is 0 Å². The Bertz CT molecular complexity index is 98.6. The van der Waals surface area contributed by atoms with Crippen LogP contribution >= 0.6 is 0 Å². The Labute approximate surface area is 48.5 Å². The number of hydrogen-bond donors (Lipinski definition) is 2. The van der Waals surface area contributed by atoms with Gasteiger partial charge in [0, 0.05) is 0 Å². The molecule has 0 spiro atoms. The third-order valence-corrected chi connectivity index (χ3v) is 1.22. The van der Waals surface area contributed by atoms with Crippen LogP contribution in [0.25, 0.3) is 0 Å². The van der Waals surface area contributed by atoms with Crippen molar-refractivity contribution >= 4 is 5.97 Å². The van der Waals surface area contributed by atoms with Gasteiger partial charge < -0.3 is 10.8 Å². The Morgan fingerprint density at radius 1 is 1.88 bits per heavy atom. The average molecular weight is 118 g/mol. The number of carboxylic acid groups (broad SMARTS) is 1. The summed E-state index contributed by atoms with van der Waals surface area (Å²) < 4.78 is 0. The number of nitrogens with two attached hydrogens (primary N) is 1. The van der Waals surface area contributed by atoms with E-state index in [0.29, 0.717) is 6.42 Å². The number of aliphatic carboxylic acids is 1. The molecule has 0 aliphatic carbocycles. The molecule has 0 amide bonds. The van der Waals surface area contributed by atoms with E-state index in [1.165, 1.54) is 6.92 Å². The van der Waals surface area contributed by atoms with Gasteiger partial charge in [0.2, 0.25) is 0 Å². The van der Waals surface area contributed by atoms with Crippen LogP contribution in [0.15, 0.2) is 0 Å².